The molecular formula is C16H18O2. The lowest BCUT2D eigenvalue weighted by Gasteiger charge is -2.06. The Bertz CT molecular complexity index is 462. The minimum absolute atomic E-state index is 0.342. The molecule has 2 heteroatoms. The first-order chi connectivity index (χ1) is 8.83. The van der Waals surface area contributed by atoms with Crippen molar-refractivity contribution in [1.29, 1.82) is 0 Å². The van der Waals surface area contributed by atoms with Crippen LogP contribution < -0.4 is 4.74 Å². The molecule has 3 saturated carbocycles. The van der Waals surface area contributed by atoms with Crippen molar-refractivity contribution in [3.8, 4) is 5.75 Å². The lowest BCUT2D eigenvalue weighted by Crippen LogP contribution is -2.06. The molecule has 0 radical (unpaired) electrons. The van der Waals surface area contributed by atoms with Crippen molar-refractivity contribution >= 4 is 5.78 Å². The summed E-state index contributed by atoms with van der Waals surface area (Å²) >= 11 is 0. The first-order valence-electron chi connectivity index (χ1n) is 7.14. The smallest absolute Gasteiger partial charge is 0.166 e. The van der Waals surface area contributed by atoms with Gasteiger partial charge in [-0.25, -0.2) is 0 Å². The SMILES string of the molecule is O=C(c1ccc(OC2CC2)cc1)C1C2CCCC21. The third kappa shape index (κ3) is 1.75. The molecule has 2 nitrogen and oxygen atoms in total. The lowest BCUT2D eigenvalue weighted by molar-refractivity contribution is 0.0951. The quantitative estimate of drug-likeness (QED) is 0.756. The van der Waals surface area contributed by atoms with Crippen molar-refractivity contribution in [1.82, 2.24) is 0 Å². The third-order valence-electron chi connectivity index (χ3n) is 4.68. The predicted molar refractivity (Wildman–Crippen MR) is 68.7 cm³/mol. The van der Waals surface area contributed by atoms with Gasteiger partial charge in [-0.1, -0.05) is 6.42 Å². The van der Waals surface area contributed by atoms with Gasteiger partial charge in [0.1, 0.15) is 5.75 Å². The molecule has 0 spiro atoms. The minimum Gasteiger partial charge on any atom is -0.490 e. The summed E-state index contributed by atoms with van der Waals surface area (Å²) in [6.45, 7) is 0. The Labute approximate surface area is 107 Å². The molecule has 2 atom stereocenters. The number of carbonyl (C=O) groups is 1. The van der Waals surface area contributed by atoms with Crippen molar-refractivity contribution in [2.24, 2.45) is 17.8 Å². The molecule has 0 amide bonds. The number of fused-ring (bicyclic) bond motifs is 1. The Hall–Kier alpha value is -1.31. The van der Waals surface area contributed by atoms with Crippen LogP contribution in [0.15, 0.2) is 24.3 Å². The molecule has 0 aliphatic heterocycles. The molecule has 18 heavy (non-hydrogen) atoms. The molecule has 1 aromatic rings. The van der Waals surface area contributed by atoms with E-state index in [9.17, 15) is 4.79 Å². The van der Waals surface area contributed by atoms with Gasteiger partial charge in [0.25, 0.3) is 0 Å². The average molecular weight is 242 g/mol. The molecule has 4 rings (SSSR count). The summed E-state index contributed by atoms with van der Waals surface area (Å²) < 4.78 is 5.70. The van der Waals surface area contributed by atoms with E-state index < -0.39 is 0 Å². The van der Waals surface area contributed by atoms with Crippen molar-refractivity contribution in [3.05, 3.63) is 29.8 Å². The standard InChI is InChI=1S/C16H18O2/c17-16(15-13-2-1-3-14(13)15)10-4-6-11(7-5-10)18-12-8-9-12/h4-7,12-15H,1-3,8-9H2. The van der Waals surface area contributed by atoms with Crippen molar-refractivity contribution in [2.45, 2.75) is 38.2 Å². The van der Waals surface area contributed by atoms with E-state index in [4.69, 9.17) is 4.74 Å². The second kappa shape index (κ2) is 3.84. The minimum atomic E-state index is 0.342. The highest BCUT2D eigenvalue weighted by Crippen LogP contribution is 2.58. The number of hydrogen-bond donors (Lipinski definition) is 0. The van der Waals surface area contributed by atoms with Crippen LogP contribution in [0.5, 0.6) is 5.75 Å². The summed E-state index contributed by atoms with van der Waals surface area (Å²) in [4.78, 5) is 12.3. The van der Waals surface area contributed by atoms with E-state index in [1.807, 2.05) is 24.3 Å². The second-order valence-electron chi connectivity index (χ2n) is 5.99. The maximum Gasteiger partial charge on any atom is 0.166 e. The van der Waals surface area contributed by atoms with Crippen LogP contribution in [-0.4, -0.2) is 11.9 Å². The Morgan fingerprint density at radius 2 is 1.67 bits per heavy atom. The van der Waals surface area contributed by atoms with Gasteiger partial charge in [0, 0.05) is 11.5 Å². The number of ketones is 1. The van der Waals surface area contributed by atoms with Crippen LogP contribution in [0.1, 0.15) is 42.5 Å². The normalized spacial score (nSPS) is 33.0. The Morgan fingerprint density at radius 1 is 1.00 bits per heavy atom. The number of benzene rings is 1. The maximum atomic E-state index is 12.3. The predicted octanol–water partition coefficient (Wildman–Crippen LogP) is 3.46. The van der Waals surface area contributed by atoms with E-state index in [1.165, 1.54) is 32.1 Å². The van der Waals surface area contributed by atoms with Crippen LogP contribution in [0.25, 0.3) is 0 Å². The summed E-state index contributed by atoms with van der Waals surface area (Å²) in [7, 11) is 0. The highest BCUT2D eigenvalue weighted by molar-refractivity contribution is 6.00. The second-order valence-corrected chi connectivity index (χ2v) is 5.99. The van der Waals surface area contributed by atoms with Crippen LogP contribution in [0, 0.1) is 17.8 Å². The Kier molecular flexibility index (Phi) is 2.26. The highest BCUT2D eigenvalue weighted by Gasteiger charge is 2.56. The number of hydrogen-bond acceptors (Lipinski definition) is 2. The number of rotatable bonds is 4. The Balaban J connectivity index is 1.45. The molecule has 1 aromatic carbocycles. The van der Waals surface area contributed by atoms with E-state index in [0.717, 1.165) is 11.3 Å². The summed E-state index contributed by atoms with van der Waals surface area (Å²) in [5.41, 5.74) is 0.873. The fraction of sp³-hybridized carbons (Fsp3) is 0.562. The van der Waals surface area contributed by atoms with Crippen LogP contribution in [0.3, 0.4) is 0 Å². The molecular weight excluding hydrogens is 224 g/mol. The summed E-state index contributed by atoms with van der Waals surface area (Å²) in [6.07, 6.45) is 6.63. The summed E-state index contributed by atoms with van der Waals surface area (Å²) in [5.74, 6) is 3.03. The van der Waals surface area contributed by atoms with Gasteiger partial charge in [-0.2, -0.15) is 0 Å². The van der Waals surface area contributed by atoms with E-state index >= 15 is 0 Å². The van der Waals surface area contributed by atoms with E-state index in [-0.39, 0.29) is 0 Å². The molecule has 0 bridgehead atoms. The number of ether oxygens (including phenoxy) is 1. The van der Waals surface area contributed by atoms with Crippen molar-refractivity contribution < 1.29 is 9.53 Å². The van der Waals surface area contributed by atoms with Crippen molar-refractivity contribution in [3.63, 3.8) is 0 Å². The molecule has 0 N–H and O–H groups in total. The molecule has 0 saturated heterocycles. The molecule has 3 fully saturated rings. The van der Waals surface area contributed by atoms with Gasteiger partial charge < -0.3 is 4.74 Å². The number of Topliss-reactive ketones (excluding diaryl/α,β-unsaturated/α-hetero) is 1. The lowest BCUT2D eigenvalue weighted by atomic mass is 10.0. The van der Waals surface area contributed by atoms with Crippen LogP contribution in [0.2, 0.25) is 0 Å². The van der Waals surface area contributed by atoms with Gasteiger partial charge in [0.15, 0.2) is 5.78 Å². The van der Waals surface area contributed by atoms with Crippen molar-refractivity contribution in [2.75, 3.05) is 0 Å². The highest BCUT2D eigenvalue weighted by atomic mass is 16.5. The van der Waals surface area contributed by atoms with Gasteiger partial charge in [0.2, 0.25) is 0 Å². The van der Waals surface area contributed by atoms with Gasteiger partial charge in [0.05, 0.1) is 6.10 Å². The van der Waals surface area contributed by atoms with Gasteiger partial charge >= 0.3 is 0 Å². The molecule has 2 unspecified atom stereocenters. The molecule has 0 aromatic heterocycles. The topological polar surface area (TPSA) is 26.3 Å². The molecule has 94 valence electrons. The van der Waals surface area contributed by atoms with E-state index in [0.29, 0.717) is 29.6 Å². The zero-order chi connectivity index (χ0) is 12.1. The summed E-state index contributed by atoms with van der Waals surface area (Å²) in [6, 6.07) is 7.77. The Morgan fingerprint density at radius 3 is 2.28 bits per heavy atom. The van der Waals surface area contributed by atoms with E-state index in [2.05, 4.69) is 0 Å². The maximum absolute atomic E-state index is 12.3. The van der Waals surface area contributed by atoms with Gasteiger partial charge in [-0.3, -0.25) is 4.79 Å². The monoisotopic (exact) mass is 242 g/mol. The zero-order valence-electron chi connectivity index (χ0n) is 10.5. The fourth-order valence-electron chi connectivity index (χ4n) is 3.48. The first-order valence-corrected chi connectivity index (χ1v) is 7.14. The molecule has 3 aliphatic carbocycles. The first kappa shape index (κ1) is 10.6. The van der Waals surface area contributed by atoms with Gasteiger partial charge in [-0.05, 0) is 61.8 Å². The van der Waals surface area contributed by atoms with Crippen LogP contribution in [0.4, 0.5) is 0 Å². The fourth-order valence-corrected chi connectivity index (χ4v) is 3.48. The number of carbonyl (C=O) groups excluding carboxylic acids is 1. The zero-order valence-corrected chi connectivity index (χ0v) is 10.5. The van der Waals surface area contributed by atoms with Gasteiger partial charge in [-0.15, -0.1) is 0 Å². The largest absolute Gasteiger partial charge is 0.490 e. The molecule has 0 heterocycles. The van der Waals surface area contributed by atoms with E-state index in [1.54, 1.807) is 0 Å². The summed E-state index contributed by atoms with van der Waals surface area (Å²) in [5, 5.41) is 0. The van der Waals surface area contributed by atoms with Crippen LogP contribution in [-0.2, 0) is 0 Å². The third-order valence-corrected chi connectivity index (χ3v) is 4.68. The molecule has 3 aliphatic rings. The average Bonchev–Trinajstić information content (AvgIpc) is 3.29. The van der Waals surface area contributed by atoms with Crippen LogP contribution >= 0.6 is 0 Å².